The Hall–Kier alpha value is -2.76. The second-order valence-electron chi connectivity index (χ2n) is 3.66. The van der Waals surface area contributed by atoms with E-state index in [1.165, 1.54) is 30.3 Å². The normalized spacial score (nSPS) is 10.2. The molecule has 0 spiro atoms. The first-order chi connectivity index (χ1) is 8.49. The maximum absolute atomic E-state index is 9.57. The summed E-state index contributed by atoms with van der Waals surface area (Å²) in [7, 11) is 0. The van der Waals surface area contributed by atoms with Crippen molar-refractivity contribution in [2.75, 3.05) is 5.32 Å². The SMILES string of the molecule is Oc1cc(Nc2cccc(O)c2O)cc(O)c1O. The molecular formula is C12H11NO5. The monoisotopic (exact) mass is 249 g/mol. The average Bonchev–Trinajstić information content (AvgIpc) is 2.32. The molecule has 0 radical (unpaired) electrons. The highest BCUT2D eigenvalue weighted by atomic mass is 16.3. The van der Waals surface area contributed by atoms with E-state index in [1.807, 2.05) is 0 Å². The Morgan fingerprint density at radius 1 is 0.722 bits per heavy atom. The minimum atomic E-state index is -0.624. The Bertz CT molecular complexity index is 574. The summed E-state index contributed by atoms with van der Waals surface area (Å²) >= 11 is 0. The highest BCUT2D eigenvalue weighted by Crippen LogP contribution is 2.40. The smallest absolute Gasteiger partial charge is 0.200 e. The number of anilines is 2. The van der Waals surface area contributed by atoms with Crippen molar-refractivity contribution >= 4 is 11.4 Å². The third-order valence-corrected chi connectivity index (χ3v) is 2.36. The fourth-order valence-electron chi connectivity index (χ4n) is 1.46. The summed E-state index contributed by atoms with van der Waals surface area (Å²) in [5.41, 5.74) is 0.434. The molecule has 0 aromatic heterocycles. The predicted molar refractivity (Wildman–Crippen MR) is 64.5 cm³/mol. The fraction of sp³-hybridized carbons (Fsp3) is 0. The van der Waals surface area contributed by atoms with Crippen LogP contribution in [-0.2, 0) is 0 Å². The minimum Gasteiger partial charge on any atom is -0.504 e. The molecule has 0 amide bonds. The zero-order valence-corrected chi connectivity index (χ0v) is 9.12. The second-order valence-corrected chi connectivity index (χ2v) is 3.66. The van der Waals surface area contributed by atoms with Crippen LogP contribution in [0.5, 0.6) is 28.7 Å². The van der Waals surface area contributed by atoms with Crippen LogP contribution in [0.3, 0.4) is 0 Å². The van der Waals surface area contributed by atoms with Crippen LogP contribution in [0.25, 0.3) is 0 Å². The molecule has 0 unspecified atom stereocenters. The molecule has 2 aromatic rings. The quantitative estimate of drug-likeness (QED) is 0.358. The lowest BCUT2D eigenvalue weighted by molar-refractivity contribution is 0.368. The second kappa shape index (κ2) is 4.25. The topological polar surface area (TPSA) is 113 Å². The maximum atomic E-state index is 9.57. The van der Waals surface area contributed by atoms with Crippen molar-refractivity contribution in [3.8, 4) is 28.7 Å². The molecular weight excluding hydrogens is 238 g/mol. The first-order valence-corrected chi connectivity index (χ1v) is 5.02. The largest absolute Gasteiger partial charge is 0.504 e. The molecule has 2 aromatic carbocycles. The van der Waals surface area contributed by atoms with Crippen LogP contribution in [0.2, 0.25) is 0 Å². The molecule has 6 N–H and O–H groups in total. The van der Waals surface area contributed by atoms with E-state index in [0.29, 0.717) is 0 Å². The van der Waals surface area contributed by atoms with Crippen molar-refractivity contribution in [1.82, 2.24) is 0 Å². The van der Waals surface area contributed by atoms with E-state index in [1.54, 1.807) is 0 Å². The van der Waals surface area contributed by atoms with Gasteiger partial charge in [-0.3, -0.25) is 0 Å². The number of aromatic hydroxyl groups is 5. The summed E-state index contributed by atoms with van der Waals surface area (Å²) < 4.78 is 0. The molecule has 18 heavy (non-hydrogen) atoms. The van der Waals surface area contributed by atoms with Gasteiger partial charge in [0.15, 0.2) is 28.7 Å². The van der Waals surface area contributed by atoms with Gasteiger partial charge in [-0.2, -0.15) is 0 Å². The lowest BCUT2D eigenvalue weighted by Gasteiger charge is -2.10. The number of rotatable bonds is 2. The Labute approximate surface area is 102 Å². The van der Waals surface area contributed by atoms with Crippen molar-refractivity contribution in [2.24, 2.45) is 0 Å². The predicted octanol–water partition coefficient (Wildman–Crippen LogP) is 1.96. The van der Waals surface area contributed by atoms with Crippen LogP contribution in [0, 0.1) is 0 Å². The summed E-state index contributed by atoms with van der Waals surface area (Å²) in [6, 6.07) is 6.65. The minimum absolute atomic E-state index is 0.194. The summed E-state index contributed by atoms with van der Waals surface area (Å²) in [4.78, 5) is 0. The van der Waals surface area contributed by atoms with E-state index < -0.39 is 17.2 Å². The van der Waals surface area contributed by atoms with Crippen molar-refractivity contribution in [2.45, 2.75) is 0 Å². The fourth-order valence-corrected chi connectivity index (χ4v) is 1.46. The molecule has 0 fully saturated rings. The molecule has 94 valence electrons. The van der Waals surface area contributed by atoms with Gasteiger partial charge in [0.2, 0.25) is 0 Å². The van der Waals surface area contributed by atoms with Gasteiger partial charge in [0.1, 0.15) is 0 Å². The van der Waals surface area contributed by atoms with Crippen molar-refractivity contribution in [1.29, 1.82) is 0 Å². The first kappa shape index (κ1) is 11.7. The first-order valence-electron chi connectivity index (χ1n) is 5.02. The van der Waals surface area contributed by atoms with E-state index in [9.17, 15) is 25.5 Å². The van der Waals surface area contributed by atoms with Gasteiger partial charge in [-0.1, -0.05) is 6.07 Å². The highest BCUT2D eigenvalue weighted by molar-refractivity contribution is 5.72. The van der Waals surface area contributed by atoms with Crippen LogP contribution in [0.1, 0.15) is 0 Å². The van der Waals surface area contributed by atoms with Gasteiger partial charge in [0.05, 0.1) is 5.69 Å². The summed E-state index contributed by atoms with van der Waals surface area (Å²) in [5, 5.41) is 49.4. The molecule has 0 bridgehead atoms. The number of phenols is 5. The Balaban J connectivity index is 2.37. The number of hydrogen-bond donors (Lipinski definition) is 6. The van der Waals surface area contributed by atoms with Crippen molar-refractivity contribution in [3.05, 3.63) is 30.3 Å². The Morgan fingerprint density at radius 3 is 1.94 bits per heavy atom. The molecule has 0 heterocycles. The molecule has 6 heteroatoms. The number of nitrogens with one attached hydrogen (secondary N) is 1. The lowest BCUT2D eigenvalue weighted by atomic mass is 10.2. The van der Waals surface area contributed by atoms with E-state index >= 15 is 0 Å². The Morgan fingerprint density at radius 2 is 1.33 bits per heavy atom. The molecule has 0 aliphatic rings. The van der Waals surface area contributed by atoms with Crippen LogP contribution in [0.15, 0.2) is 30.3 Å². The van der Waals surface area contributed by atoms with Crippen LogP contribution in [0.4, 0.5) is 11.4 Å². The number of para-hydroxylation sites is 1. The van der Waals surface area contributed by atoms with Gasteiger partial charge < -0.3 is 30.8 Å². The summed E-state index contributed by atoms with van der Waals surface area (Å²) in [6.07, 6.45) is 0. The summed E-state index contributed by atoms with van der Waals surface area (Å²) in [5.74, 6) is -2.29. The molecule has 0 saturated carbocycles. The highest BCUT2D eigenvalue weighted by Gasteiger charge is 2.10. The van der Waals surface area contributed by atoms with Crippen LogP contribution in [-0.4, -0.2) is 25.5 Å². The summed E-state index contributed by atoms with van der Waals surface area (Å²) in [6.45, 7) is 0. The van der Waals surface area contributed by atoms with E-state index in [2.05, 4.69) is 5.32 Å². The van der Waals surface area contributed by atoms with Crippen LogP contribution < -0.4 is 5.32 Å². The molecule has 0 atom stereocenters. The third kappa shape index (κ3) is 2.03. The maximum Gasteiger partial charge on any atom is 0.200 e. The molecule has 6 nitrogen and oxygen atoms in total. The molecule has 0 aliphatic carbocycles. The van der Waals surface area contributed by atoms with E-state index in [-0.39, 0.29) is 22.9 Å². The van der Waals surface area contributed by atoms with Gasteiger partial charge >= 0.3 is 0 Å². The van der Waals surface area contributed by atoms with Crippen molar-refractivity contribution < 1.29 is 25.5 Å². The standard InChI is InChI=1S/C12H11NO5/c14-8-3-1-2-7(11(8)17)13-6-4-9(15)12(18)10(16)5-6/h1-5,13-18H. The molecule has 2 rings (SSSR count). The van der Waals surface area contributed by atoms with Gasteiger partial charge in [-0.15, -0.1) is 0 Å². The van der Waals surface area contributed by atoms with Crippen LogP contribution >= 0.6 is 0 Å². The van der Waals surface area contributed by atoms with E-state index in [4.69, 9.17) is 0 Å². The number of hydrogen-bond acceptors (Lipinski definition) is 6. The molecule has 0 saturated heterocycles. The van der Waals surface area contributed by atoms with Gasteiger partial charge in [0.25, 0.3) is 0 Å². The molecule has 0 aliphatic heterocycles. The lowest BCUT2D eigenvalue weighted by Crippen LogP contribution is -1.90. The zero-order valence-electron chi connectivity index (χ0n) is 9.12. The third-order valence-electron chi connectivity index (χ3n) is 2.36. The van der Waals surface area contributed by atoms with Gasteiger partial charge in [-0.25, -0.2) is 0 Å². The van der Waals surface area contributed by atoms with Gasteiger partial charge in [0, 0.05) is 17.8 Å². The Kier molecular flexibility index (Phi) is 2.77. The number of phenolic OH excluding ortho intramolecular Hbond substituents is 5. The zero-order chi connectivity index (χ0) is 13.3. The van der Waals surface area contributed by atoms with Gasteiger partial charge in [-0.05, 0) is 12.1 Å². The number of benzene rings is 2. The van der Waals surface area contributed by atoms with E-state index in [0.717, 1.165) is 0 Å². The average molecular weight is 249 g/mol. The van der Waals surface area contributed by atoms with Crippen molar-refractivity contribution in [3.63, 3.8) is 0 Å².